The summed E-state index contributed by atoms with van der Waals surface area (Å²) in [5, 5.41) is 0.846. The Bertz CT molecular complexity index is 689. The van der Waals surface area contributed by atoms with Crippen molar-refractivity contribution in [3.8, 4) is 0 Å². The standard InChI is InChI=1S/C16H16F3NO/c17-16(18,19)10-3-4-12-13-5-7-20-6-1-2-11(20)9-15(13)21-14(12)8-10/h3-4,8,11H,1-2,5-7,9H2. The molecule has 0 N–H and O–H groups in total. The Balaban J connectivity index is 1.78. The van der Waals surface area contributed by atoms with E-state index in [0.29, 0.717) is 11.6 Å². The molecule has 2 aromatic rings. The van der Waals surface area contributed by atoms with Crippen LogP contribution in [0.15, 0.2) is 22.6 Å². The van der Waals surface area contributed by atoms with Gasteiger partial charge in [-0.2, -0.15) is 13.2 Å². The highest BCUT2D eigenvalue weighted by molar-refractivity contribution is 5.83. The number of fused-ring (bicyclic) bond motifs is 4. The van der Waals surface area contributed by atoms with E-state index < -0.39 is 11.7 Å². The summed E-state index contributed by atoms with van der Waals surface area (Å²) < 4.78 is 44.2. The van der Waals surface area contributed by atoms with E-state index in [1.54, 1.807) is 6.07 Å². The monoisotopic (exact) mass is 295 g/mol. The molecule has 0 bridgehead atoms. The van der Waals surface area contributed by atoms with Gasteiger partial charge in [-0.05, 0) is 37.9 Å². The van der Waals surface area contributed by atoms with E-state index in [0.717, 1.165) is 61.2 Å². The Morgan fingerprint density at radius 2 is 2.05 bits per heavy atom. The van der Waals surface area contributed by atoms with Crippen LogP contribution in [0.4, 0.5) is 13.2 Å². The lowest BCUT2D eigenvalue weighted by atomic mass is 10.0. The quantitative estimate of drug-likeness (QED) is 0.730. The van der Waals surface area contributed by atoms with Crippen molar-refractivity contribution >= 4 is 11.0 Å². The first-order chi connectivity index (χ1) is 10.0. The molecule has 1 atom stereocenters. The van der Waals surface area contributed by atoms with Crippen LogP contribution >= 0.6 is 0 Å². The van der Waals surface area contributed by atoms with Gasteiger partial charge in [0.1, 0.15) is 11.3 Å². The van der Waals surface area contributed by atoms with Crippen LogP contribution in [0.5, 0.6) is 0 Å². The number of nitrogens with zero attached hydrogens (tertiary/aromatic N) is 1. The summed E-state index contributed by atoms with van der Waals surface area (Å²) >= 11 is 0. The Labute approximate surface area is 120 Å². The van der Waals surface area contributed by atoms with E-state index >= 15 is 0 Å². The number of halogens is 3. The minimum absolute atomic E-state index is 0.376. The molecule has 0 spiro atoms. The van der Waals surface area contributed by atoms with Gasteiger partial charge in [0.2, 0.25) is 0 Å². The van der Waals surface area contributed by atoms with Crippen molar-refractivity contribution in [2.24, 2.45) is 0 Å². The normalized spacial score (nSPS) is 23.1. The second kappa shape index (κ2) is 4.50. The third-order valence-electron chi connectivity index (χ3n) is 4.77. The van der Waals surface area contributed by atoms with Gasteiger partial charge in [-0.15, -0.1) is 0 Å². The zero-order chi connectivity index (χ0) is 14.6. The van der Waals surface area contributed by atoms with Crippen LogP contribution in [0.3, 0.4) is 0 Å². The van der Waals surface area contributed by atoms with Crippen LogP contribution in [0.25, 0.3) is 11.0 Å². The summed E-state index contributed by atoms with van der Waals surface area (Å²) in [6.07, 6.45) is -0.265. The number of benzene rings is 1. The maximum atomic E-state index is 12.8. The fraction of sp³-hybridized carbons (Fsp3) is 0.500. The Morgan fingerprint density at radius 3 is 2.86 bits per heavy atom. The number of rotatable bonds is 0. The highest BCUT2D eigenvalue weighted by atomic mass is 19.4. The van der Waals surface area contributed by atoms with Gasteiger partial charge in [-0.25, -0.2) is 0 Å². The first kappa shape index (κ1) is 13.2. The molecule has 0 saturated carbocycles. The molecule has 5 heteroatoms. The molecule has 0 amide bonds. The molecule has 1 fully saturated rings. The first-order valence-corrected chi connectivity index (χ1v) is 7.38. The molecule has 2 nitrogen and oxygen atoms in total. The fourth-order valence-electron chi connectivity index (χ4n) is 3.71. The van der Waals surface area contributed by atoms with Crippen LogP contribution in [-0.2, 0) is 19.0 Å². The molecular formula is C16H16F3NO. The number of furan rings is 1. The summed E-state index contributed by atoms with van der Waals surface area (Å²) in [6.45, 7) is 2.11. The Kier molecular flexibility index (Phi) is 2.83. The molecule has 3 heterocycles. The largest absolute Gasteiger partial charge is 0.461 e. The first-order valence-electron chi connectivity index (χ1n) is 7.38. The summed E-state index contributed by atoms with van der Waals surface area (Å²) in [4.78, 5) is 2.48. The van der Waals surface area contributed by atoms with Crippen molar-refractivity contribution in [2.45, 2.75) is 37.9 Å². The molecule has 1 unspecified atom stereocenters. The van der Waals surface area contributed by atoms with Crippen LogP contribution in [-0.4, -0.2) is 24.0 Å². The molecule has 1 aromatic carbocycles. The van der Waals surface area contributed by atoms with E-state index in [9.17, 15) is 13.2 Å². The van der Waals surface area contributed by atoms with Gasteiger partial charge in [0.05, 0.1) is 5.56 Å². The van der Waals surface area contributed by atoms with E-state index in [1.165, 1.54) is 6.42 Å². The van der Waals surface area contributed by atoms with Crippen LogP contribution in [0.2, 0.25) is 0 Å². The van der Waals surface area contributed by atoms with E-state index in [1.807, 2.05) is 0 Å². The smallest absolute Gasteiger partial charge is 0.416 e. The summed E-state index contributed by atoms with van der Waals surface area (Å²) in [5.74, 6) is 0.888. The number of alkyl halides is 3. The third-order valence-corrected chi connectivity index (χ3v) is 4.77. The van der Waals surface area contributed by atoms with Crippen LogP contribution < -0.4 is 0 Å². The second-order valence-electron chi connectivity index (χ2n) is 6.00. The van der Waals surface area contributed by atoms with Crippen LogP contribution in [0.1, 0.15) is 29.7 Å². The van der Waals surface area contributed by atoms with E-state index in [2.05, 4.69) is 4.90 Å². The minimum Gasteiger partial charge on any atom is -0.461 e. The molecule has 2 aliphatic heterocycles. The lowest BCUT2D eigenvalue weighted by molar-refractivity contribution is -0.137. The zero-order valence-electron chi connectivity index (χ0n) is 11.5. The number of hydrogen-bond donors (Lipinski definition) is 0. The molecular weight excluding hydrogens is 279 g/mol. The molecule has 2 aliphatic rings. The second-order valence-corrected chi connectivity index (χ2v) is 6.00. The Hall–Kier alpha value is -1.49. The summed E-state index contributed by atoms with van der Waals surface area (Å²) in [7, 11) is 0. The van der Waals surface area contributed by atoms with Gasteiger partial charge in [-0.3, -0.25) is 4.90 Å². The average Bonchev–Trinajstić information content (AvgIpc) is 2.96. The Morgan fingerprint density at radius 1 is 1.19 bits per heavy atom. The number of hydrogen-bond acceptors (Lipinski definition) is 2. The van der Waals surface area contributed by atoms with Crippen molar-refractivity contribution in [3.63, 3.8) is 0 Å². The molecule has 0 aliphatic carbocycles. The molecule has 4 rings (SSSR count). The fourth-order valence-corrected chi connectivity index (χ4v) is 3.71. The molecule has 1 saturated heterocycles. The van der Waals surface area contributed by atoms with Crippen molar-refractivity contribution < 1.29 is 17.6 Å². The third kappa shape index (κ3) is 2.14. The van der Waals surface area contributed by atoms with Gasteiger partial charge in [0.25, 0.3) is 0 Å². The van der Waals surface area contributed by atoms with Crippen molar-refractivity contribution in [2.75, 3.05) is 13.1 Å². The predicted octanol–water partition coefficient (Wildman–Crippen LogP) is 4.01. The van der Waals surface area contributed by atoms with E-state index in [4.69, 9.17) is 4.42 Å². The summed E-state index contributed by atoms with van der Waals surface area (Å²) in [5.41, 5.74) is 0.843. The topological polar surface area (TPSA) is 16.4 Å². The maximum absolute atomic E-state index is 12.8. The highest BCUT2D eigenvalue weighted by Gasteiger charge is 2.33. The van der Waals surface area contributed by atoms with E-state index in [-0.39, 0.29) is 0 Å². The molecule has 21 heavy (non-hydrogen) atoms. The highest BCUT2D eigenvalue weighted by Crippen LogP contribution is 2.37. The average molecular weight is 295 g/mol. The van der Waals surface area contributed by atoms with Gasteiger partial charge in [-0.1, -0.05) is 6.07 Å². The molecule has 0 radical (unpaired) electrons. The summed E-state index contributed by atoms with van der Waals surface area (Å²) in [6, 6.07) is 4.35. The van der Waals surface area contributed by atoms with Crippen LogP contribution in [0, 0.1) is 0 Å². The van der Waals surface area contributed by atoms with Crippen molar-refractivity contribution in [1.29, 1.82) is 0 Å². The maximum Gasteiger partial charge on any atom is 0.416 e. The van der Waals surface area contributed by atoms with Crippen molar-refractivity contribution in [3.05, 3.63) is 35.1 Å². The minimum atomic E-state index is -4.32. The van der Waals surface area contributed by atoms with Gasteiger partial charge in [0.15, 0.2) is 0 Å². The lowest BCUT2D eigenvalue weighted by Gasteiger charge is -2.20. The predicted molar refractivity (Wildman–Crippen MR) is 73.2 cm³/mol. The van der Waals surface area contributed by atoms with Gasteiger partial charge < -0.3 is 4.42 Å². The molecule has 112 valence electrons. The molecule has 1 aromatic heterocycles. The van der Waals surface area contributed by atoms with Gasteiger partial charge in [0, 0.05) is 30.0 Å². The van der Waals surface area contributed by atoms with Gasteiger partial charge >= 0.3 is 6.18 Å². The lowest BCUT2D eigenvalue weighted by Crippen LogP contribution is -2.30. The van der Waals surface area contributed by atoms with Crippen molar-refractivity contribution in [1.82, 2.24) is 4.90 Å². The SMILES string of the molecule is FC(F)(F)c1ccc2c3c(oc2c1)CC1CCCN1CC3. The zero-order valence-corrected chi connectivity index (χ0v) is 11.5.